The second-order valence-electron chi connectivity index (χ2n) is 9.87. The zero-order valence-electron chi connectivity index (χ0n) is 24.5. The Balaban J connectivity index is 1.75. The molecule has 0 aliphatic rings. The molecule has 43 heavy (non-hydrogen) atoms. The lowest BCUT2D eigenvalue weighted by atomic mass is 10.2. The molecule has 4 aromatic rings. The Kier molecular flexibility index (Phi) is 9.39. The SMILES string of the molecule is C=CC(=O)Nc1cc(Nc2nccc(-c3nc4ccc(OC)cc4n3CC(F)(F)F)n2)c(OC)cc1N(C)CCN(C)C. The molecule has 0 spiro atoms. The van der Waals surface area contributed by atoms with Gasteiger partial charge in [-0.05, 0) is 44.4 Å². The number of methoxy groups -OCH3 is 2. The third-order valence-electron chi connectivity index (χ3n) is 6.48. The van der Waals surface area contributed by atoms with Gasteiger partial charge in [0.25, 0.3) is 0 Å². The lowest BCUT2D eigenvalue weighted by Crippen LogP contribution is -2.29. The number of alkyl halides is 3. The molecule has 0 saturated carbocycles. The van der Waals surface area contributed by atoms with Crippen LogP contribution in [0.2, 0.25) is 0 Å². The van der Waals surface area contributed by atoms with Crippen LogP contribution in [-0.4, -0.2) is 85.0 Å². The maximum absolute atomic E-state index is 13.6. The molecule has 0 fully saturated rings. The van der Waals surface area contributed by atoms with Crippen molar-refractivity contribution in [2.24, 2.45) is 0 Å². The summed E-state index contributed by atoms with van der Waals surface area (Å²) in [4.78, 5) is 29.4. The minimum absolute atomic E-state index is 0.00907. The van der Waals surface area contributed by atoms with Gasteiger partial charge in [-0.1, -0.05) is 6.58 Å². The second-order valence-corrected chi connectivity index (χ2v) is 9.87. The lowest BCUT2D eigenvalue weighted by Gasteiger charge is -2.26. The summed E-state index contributed by atoms with van der Waals surface area (Å²) in [6, 6.07) is 9.62. The van der Waals surface area contributed by atoms with Crippen LogP contribution in [0.25, 0.3) is 22.6 Å². The van der Waals surface area contributed by atoms with Gasteiger partial charge in [-0.25, -0.2) is 15.0 Å². The number of rotatable bonds is 12. The number of imidazole rings is 1. The van der Waals surface area contributed by atoms with E-state index in [-0.39, 0.29) is 23.0 Å². The van der Waals surface area contributed by atoms with Crippen molar-refractivity contribution in [1.82, 2.24) is 24.4 Å². The predicted molar refractivity (Wildman–Crippen MR) is 160 cm³/mol. The van der Waals surface area contributed by atoms with Gasteiger partial charge in [0, 0.05) is 38.5 Å². The van der Waals surface area contributed by atoms with Gasteiger partial charge in [-0.2, -0.15) is 13.2 Å². The van der Waals surface area contributed by atoms with Crippen LogP contribution in [-0.2, 0) is 11.3 Å². The Hall–Kier alpha value is -4.85. The molecule has 0 unspecified atom stereocenters. The molecule has 0 radical (unpaired) electrons. The molecule has 0 aliphatic heterocycles. The zero-order chi connectivity index (χ0) is 31.3. The smallest absolute Gasteiger partial charge is 0.406 e. The van der Waals surface area contributed by atoms with Gasteiger partial charge in [0.2, 0.25) is 11.9 Å². The first-order valence-corrected chi connectivity index (χ1v) is 13.1. The Labute approximate surface area is 246 Å². The number of hydrogen-bond acceptors (Lipinski definition) is 9. The summed E-state index contributed by atoms with van der Waals surface area (Å²) in [6.45, 7) is 3.68. The van der Waals surface area contributed by atoms with E-state index in [2.05, 4.69) is 32.2 Å². The summed E-state index contributed by atoms with van der Waals surface area (Å²) in [5.41, 5.74) is 2.36. The maximum Gasteiger partial charge on any atom is 0.406 e. The number of benzene rings is 2. The summed E-state index contributed by atoms with van der Waals surface area (Å²) in [5, 5.41) is 5.89. The third-order valence-corrected chi connectivity index (χ3v) is 6.48. The quantitative estimate of drug-likeness (QED) is 0.219. The number of anilines is 4. The molecular weight excluding hydrogens is 565 g/mol. The summed E-state index contributed by atoms with van der Waals surface area (Å²) in [5.74, 6) is 0.503. The molecule has 4 rings (SSSR count). The van der Waals surface area contributed by atoms with Crippen LogP contribution in [0, 0.1) is 0 Å². The van der Waals surface area contributed by atoms with Crippen molar-refractivity contribution in [3.8, 4) is 23.0 Å². The van der Waals surface area contributed by atoms with Crippen molar-refractivity contribution >= 4 is 40.0 Å². The molecule has 2 aromatic heterocycles. The Morgan fingerprint density at radius 2 is 1.81 bits per heavy atom. The Bertz CT molecular complexity index is 1620. The number of nitrogens with zero attached hydrogens (tertiary/aromatic N) is 6. The van der Waals surface area contributed by atoms with Gasteiger partial charge < -0.3 is 34.5 Å². The highest BCUT2D eigenvalue weighted by Gasteiger charge is 2.31. The minimum atomic E-state index is -4.51. The van der Waals surface area contributed by atoms with Crippen molar-refractivity contribution < 1.29 is 27.4 Å². The van der Waals surface area contributed by atoms with Gasteiger partial charge in [-0.15, -0.1) is 0 Å². The van der Waals surface area contributed by atoms with Crippen molar-refractivity contribution in [1.29, 1.82) is 0 Å². The van der Waals surface area contributed by atoms with Gasteiger partial charge in [0.1, 0.15) is 23.7 Å². The summed E-state index contributed by atoms with van der Waals surface area (Å²) in [6.07, 6.45) is -1.93. The fourth-order valence-electron chi connectivity index (χ4n) is 4.33. The van der Waals surface area contributed by atoms with E-state index in [1.54, 1.807) is 24.3 Å². The first kappa shape index (κ1) is 31.1. The number of hydrogen-bond donors (Lipinski definition) is 2. The van der Waals surface area contributed by atoms with E-state index in [1.807, 2.05) is 30.9 Å². The average Bonchev–Trinajstić information content (AvgIpc) is 3.32. The van der Waals surface area contributed by atoms with E-state index in [4.69, 9.17) is 9.47 Å². The number of halogens is 3. The van der Waals surface area contributed by atoms with Gasteiger partial charge in [0.15, 0.2) is 5.82 Å². The molecule has 2 N–H and O–H groups in total. The molecular formula is C29H33F3N8O3. The van der Waals surface area contributed by atoms with E-state index in [0.29, 0.717) is 40.6 Å². The van der Waals surface area contributed by atoms with Gasteiger partial charge >= 0.3 is 6.18 Å². The highest BCUT2D eigenvalue weighted by atomic mass is 19.4. The van der Waals surface area contributed by atoms with E-state index in [0.717, 1.165) is 17.2 Å². The van der Waals surface area contributed by atoms with E-state index in [9.17, 15) is 18.0 Å². The number of fused-ring (bicyclic) bond motifs is 1. The van der Waals surface area contributed by atoms with E-state index >= 15 is 0 Å². The number of likely N-dealkylation sites (N-methyl/N-ethyl adjacent to an activating group) is 2. The van der Waals surface area contributed by atoms with Crippen LogP contribution >= 0.6 is 0 Å². The molecule has 0 bridgehead atoms. The molecule has 11 nitrogen and oxygen atoms in total. The number of aromatic nitrogens is 4. The van der Waals surface area contributed by atoms with E-state index in [1.165, 1.54) is 32.5 Å². The monoisotopic (exact) mass is 598 g/mol. The topological polar surface area (TPSA) is 110 Å². The van der Waals surface area contributed by atoms with Crippen molar-refractivity contribution in [2.45, 2.75) is 12.7 Å². The molecule has 1 amide bonds. The maximum atomic E-state index is 13.6. The van der Waals surface area contributed by atoms with Crippen molar-refractivity contribution in [3.63, 3.8) is 0 Å². The summed E-state index contributed by atoms with van der Waals surface area (Å²) in [7, 11) is 8.75. The normalized spacial score (nSPS) is 11.5. The standard InChI is InChI=1S/C29H33F3N8O3/c1-7-26(41)34-21-15-22(25(43-6)16-23(21)39(4)13-12-38(2)3)37-28-33-11-10-20(36-28)27-35-19-9-8-18(42-5)14-24(19)40(27)17-29(30,31)32/h7-11,14-16H,1,12-13,17H2,2-6H3,(H,34,41)(H,33,36,37). The van der Waals surface area contributed by atoms with Crippen molar-refractivity contribution in [3.05, 3.63) is 55.3 Å². The minimum Gasteiger partial charge on any atom is -0.497 e. The van der Waals surface area contributed by atoms with Crippen LogP contribution in [0.1, 0.15) is 0 Å². The second kappa shape index (κ2) is 13.0. The highest BCUT2D eigenvalue weighted by Crippen LogP contribution is 2.38. The van der Waals surface area contributed by atoms with Crippen molar-refractivity contribution in [2.75, 3.05) is 64.0 Å². The van der Waals surface area contributed by atoms with Crippen LogP contribution in [0.15, 0.2) is 55.3 Å². The first-order chi connectivity index (χ1) is 20.4. The van der Waals surface area contributed by atoms with Gasteiger partial charge in [-0.3, -0.25) is 4.79 Å². The number of carbonyl (C=O) groups excluding carboxylic acids is 1. The Morgan fingerprint density at radius 3 is 2.47 bits per heavy atom. The molecule has 0 atom stereocenters. The van der Waals surface area contributed by atoms with Gasteiger partial charge in [0.05, 0.1) is 42.3 Å². The largest absolute Gasteiger partial charge is 0.497 e. The number of nitrogens with one attached hydrogen (secondary N) is 2. The number of ether oxygens (including phenoxy) is 2. The summed E-state index contributed by atoms with van der Waals surface area (Å²) < 4.78 is 52.8. The molecule has 228 valence electrons. The zero-order valence-corrected chi connectivity index (χ0v) is 24.5. The molecule has 0 saturated heterocycles. The molecule has 2 aromatic carbocycles. The van der Waals surface area contributed by atoms with Crippen LogP contribution in [0.4, 0.5) is 36.2 Å². The molecule has 0 aliphatic carbocycles. The lowest BCUT2D eigenvalue weighted by molar-refractivity contribution is -0.139. The molecule has 14 heteroatoms. The fourth-order valence-corrected chi connectivity index (χ4v) is 4.33. The van der Waals surface area contributed by atoms with Crippen LogP contribution in [0.5, 0.6) is 11.5 Å². The number of carbonyl (C=O) groups is 1. The fraction of sp³-hybridized carbons (Fsp3) is 0.310. The molecule has 2 heterocycles. The number of amides is 1. The Morgan fingerprint density at radius 1 is 1.05 bits per heavy atom. The summed E-state index contributed by atoms with van der Waals surface area (Å²) >= 11 is 0. The van der Waals surface area contributed by atoms with E-state index < -0.39 is 18.6 Å². The van der Waals surface area contributed by atoms with Crippen LogP contribution in [0.3, 0.4) is 0 Å². The third kappa shape index (κ3) is 7.52. The van der Waals surface area contributed by atoms with Crippen LogP contribution < -0.4 is 25.0 Å². The highest BCUT2D eigenvalue weighted by molar-refractivity contribution is 6.02. The predicted octanol–water partition coefficient (Wildman–Crippen LogP) is 4.94. The average molecular weight is 599 g/mol. The first-order valence-electron chi connectivity index (χ1n) is 13.1.